The number of rotatable bonds is 4. The second-order valence-electron chi connectivity index (χ2n) is 6.38. The number of benzene rings is 1. The first-order chi connectivity index (χ1) is 11.1. The zero-order valence-electron chi connectivity index (χ0n) is 13.7. The van der Waals surface area contributed by atoms with Crippen LogP contribution in [-0.2, 0) is 9.59 Å². The lowest BCUT2D eigenvalue weighted by Crippen LogP contribution is -2.36. The van der Waals surface area contributed by atoms with Gasteiger partial charge in [-0.2, -0.15) is 0 Å². The molecule has 1 aromatic carbocycles. The number of ketones is 1. The second kappa shape index (κ2) is 6.57. The molecule has 0 bridgehead atoms. The van der Waals surface area contributed by atoms with Crippen LogP contribution in [0.1, 0.15) is 57.4 Å². The van der Waals surface area contributed by atoms with Gasteiger partial charge in [0.05, 0.1) is 6.10 Å². The van der Waals surface area contributed by atoms with Gasteiger partial charge in [-0.25, -0.2) is 0 Å². The Morgan fingerprint density at radius 3 is 2.65 bits per heavy atom. The van der Waals surface area contributed by atoms with Crippen molar-refractivity contribution in [2.75, 3.05) is 0 Å². The van der Waals surface area contributed by atoms with Crippen molar-refractivity contribution >= 4 is 11.7 Å². The van der Waals surface area contributed by atoms with Crippen LogP contribution in [0.5, 0.6) is 5.75 Å². The zero-order valence-corrected chi connectivity index (χ0v) is 13.7. The maximum absolute atomic E-state index is 12.3. The molecule has 0 saturated heterocycles. The van der Waals surface area contributed by atoms with Crippen molar-refractivity contribution in [2.45, 2.75) is 58.0 Å². The summed E-state index contributed by atoms with van der Waals surface area (Å²) in [6, 6.07) is 7.82. The van der Waals surface area contributed by atoms with E-state index in [1.165, 1.54) is 0 Å². The summed E-state index contributed by atoms with van der Waals surface area (Å²) in [6.07, 6.45) is 3.67. The minimum absolute atomic E-state index is 0.00313. The number of amides is 1. The summed E-state index contributed by atoms with van der Waals surface area (Å²) >= 11 is 0. The fourth-order valence-corrected chi connectivity index (χ4v) is 3.28. The number of nitrogens with one attached hydrogen (secondary N) is 1. The molecule has 1 amide bonds. The number of ether oxygens (including phenoxy) is 1. The van der Waals surface area contributed by atoms with Crippen molar-refractivity contribution in [3.05, 3.63) is 41.1 Å². The summed E-state index contributed by atoms with van der Waals surface area (Å²) in [7, 11) is 0. The van der Waals surface area contributed by atoms with Crippen LogP contribution >= 0.6 is 0 Å². The summed E-state index contributed by atoms with van der Waals surface area (Å²) in [5.74, 6) is 0.885. The van der Waals surface area contributed by atoms with Gasteiger partial charge in [0.1, 0.15) is 5.75 Å². The summed E-state index contributed by atoms with van der Waals surface area (Å²) < 4.78 is 5.80. The van der Waals surface area contributed by atoms with Gasteiger partial charge in [-0.3, -0.25) is 9.59 Å². The molecule has 4 heteroatoms. The van der Waals surface area contributed by atoms with E-state index in [0.29, 0.717) is 12.8 Å². The third kappa shape index (κ3) is 3.31. The van der Waals surface area contributed by atoms with E-state index < -0.39 is 0 Å². The molecule has 23 heavy (non-hydrogen) atoms. The van der Waals surface area contributed by atoms with Gasteiger partial charge in [0.15, 0.2) is 5.78 Å². The molecular weight excluding hydrogens is 290 g/mol. The molecule has 122 valence electrons. The summed E-state index contributed by atoms with van der Waals surface area (Å²) in [5.41, 5.74) is 2.66. The van der Waals surface area contributed by atoms with Gasteiger partial charge in [-0.05, 0) is 43.9 Å². The third-order valence-electron chi connectivity index (χ3n) is 4.68. The molecule has 0 radical (unpaired) electrons. The normalized spacial score (nSPS) is 22.4. The number of Topliss-reactive ketones (excluding diaryl/α,β-unsaturated/α-hetero) is 1. The van der Waals surface area contributed by atoms with Crippen molar-refractivity contribution in [1.29, 1.82) is 0 Å². The van der Waals surface area contributed by atoms with Gasteiger partial charge in [0.2, 0.25) is 5.91 Å². The van der Waals surface area contributed by atoms with Gasteiger partial charge in [-0.15, -0.1) is 0 Å². The highest BCUT2D eigenvalue weighted by Crippen LogP contribution is 2.38. The Morgan fingerprint density at radius 2 is 1.96 bits per heavy atom. The fourth-order valence-electron chi connectivity index (χ4n) is 3.28. The van der Waals surface area contributed by atoms with Crippen molar-refractivity contribution in [3.8, 4) is 5.75 Å². The standard InChI is InChI=1S/C19H23NO3/c1-3-12(2)23-14-9-7-13(8-10-14)15-11-18(22)20-16-5-4-6-17(21)19(15)16/h7-10,12,15H,3-6,11H2,1-2H3,(H,20,22)/t12-,15+/m0/s1. The molecule has 1 aliphatic heterocycles. The Bertz CT molecular complexity index is 645. The van der Waals surface area contributed by atoms with Crippen LogP contribution < -0.4 is 10.1 Å². The van der Waals surface area contributed by atoms with E-state index in [2.05, 4.69) is 12.2 Å². The predicted octanol–water partition coefficient (Wildman–Crippen LogP) is 3.47. The lowest BCUT2D eigenvalue weighted by molar-refractivity contribution is -0.122. The SMILES string of the molecule is CC[C@H](C)Oc1ccc([C@H]2CC(=O)NC3=C2C(=O)CCC3)cc1. The molecular formula is C19H23NO3. The molecule has 2 aliphatic rings. The van der Waals surface area contributed by atoms with E-state index in [-0.39, 0.29) is 23.7 Å². The van der Waals surface area contributed by atoms with Crippen LogP contribution in [0.15, 0.2) is 35.5 Å². The van der Waals surface area contributed by atoms with Crippen molar-refractivity contribution in [1.82, 2.24) is 5.32 Å². The largest absolute Gasteiger partial charge is 0.491 e. The molecule has 3 rings (SSSR count). The van der Waals surface area contributed by atoms with Gasteiger partial charge in [-0.1, -0.05) is 19.1 Å². The monoisotopic (exact) mass is 313 g/mol. The molecule has 1 heterocycles. The highest BCUT2D eigenvalue weighted by Gasteiger charge is 2.34. The fraction of sp³-hybridized carbons (Fsp3) is 0.474. The summed E-state index contributed by atoms with van der Waals surface area (Å²) in [6.45, 7) is 4.12. The number of carbonyl (C=O) groups is 2. The lowest BCUT2D eigenvalue weighted by Gasteiger charge is -2.31. The van der Waals surface area contributed by atoms with E-state index in [0.717, 1.165) is 41.8 Å². The Kier molecular flexibility index (Phi) is 4.51. The Labute approximate surface area is 136 Å². The third-order valence-corrected chi connectivity index (χ3v) is 4.68. The van der Waals surface area contributed by atoms with Crippen LogP contribution in [0.3, 0.4) is 0 Å². The molecule has 1 aliphatic carbocycles. The molecule has 0 aromatic heterocycles. The maximum Gasteiger partial charge on any atom is 0.225 e. The topological polar surface area (TPSA) is 55.4 Å². The van der Waals surface area contributed by atoms with Crippen molar-refractivity contribution < 1.29 is 14.3 Å². The number of hydrogen-bond donors (Lipinski definition) is 1. The average molecular weight is 313 g/mol. The molecule has 1 N–H and O–H groups in total. The Morgan fingerprint density at radius 1 is 1.22 bits per heavy atom. The average Bonchev–Trinajstić information content (AvgIpc) is 2.54. The first-order valence-electron chi connectivity index (χ1n) is 8.41. The van der Waals surface area contributed by atoms with Crippen molar-refractivity contribution in [2.24, 2.45) is 0 Å². The number of allylic oxidation sites excluding steroid dienone is 2. The number of hydrogen-bond acceptors (Lipinski definition) is 3. The molecule has 0 saturated carbocycles. The van der Waals surface area contributed by atoms with E-state index in [9.17, 15) is 9.59 Å². The van der Waals surface area contributed by atoms with Crippen LogP contribution in [0.4, 0.5) is 0 Å². The molecule has 0 spiro atoms. The minimum atomic E-state index is -0.121. The molecule has 2 atom stereocenters. The van der Waals surface area contributed by atoms with Gasteiger partial charge in [0.25, 0.3) is 0 Å². The number of carbonyl (C=O) groups excluding carboxylic acids is 2. The van der Waals surface area contributed by atoms with Crippen LogP contribution in [-0.4, -0.2) is 17.8 Å². The van der Waals surface area contributed by atoms with E-state index in [1.807, 2.05) is 31.2 Å². The van der Waals surface area contributed by atoms with Gasteiger partial charge >= 0.3 is 0 Å². The molecule has 0 unspecified atom stereocenters. The van der Waals surface area contributed by atoms with Gasteiger partial charge in [0, 0.05) is 30.0 Å². The zero-order chi connectivity index (χ0) is 16.4. The Balaban J connectivity index is 1.87. The van der Waals surface area contributed by atoms with Gasteiger partial charge < -0.3 is 10.1 Å². The smallest absolute Gasteiger partial charge is 0.225 e. The quantitative estimate of drug-likeness (QED) is 0.926. The van der Waals surface area contributed by atoms with Crippen LogP contribution in [0.2, 0.25) is 0 Å². The Hall–Kier alpha value is -2.10. The predicted molar refractivity (Wildman–Crippen MR) is 88.2 cm³/mol. The van der Waals surface area contributed by atoms with E-state index in [1.54, 1.807) is 0 Å². The summed E-state index contributed by atoms with van der Waals surface area (Å²) in [5, 5.41) is 2.89. The first kappa shape index (κ1) is 15.8. The second-order valence-corrected chi connectivity index (χ2v) is 6.38. The maximum atomic E-state index is 12.3. The highest BCUT2D eigenvalue weighted by molar-refractivity contribution is 6.01. The van der Waals surface area contributed by atoms with Crippen molar-refractivity contribution in [3.63, 3.8) is 0 Å². The molecule has 1 aromatic rings. The van der Waals surface area contributed by atoms with Crippen LogP contribution in [0, 0.1) is 0 Å². The van der Waals surface area contributed by atoms with Crippen LogP contribution in [0.25, 0.3) is 0 Å². The molecule has 0 fully saturated rings. The first-order valence-corrected chi connectivity index (χ1v) is 8.41. The minimum Gasteiger partial charge on any atom is -0.491 e. The lowest BCUT2D eigenvalue weighted by atomic mass is 9.78. The summed E-state index contributed by atoms with van der Waals surface area (Å²) in [4.78, 5) is 24.3. The van der Waals surface area contributed by atoms with E-state index >= 15 is 0 Å². The van der Waals surface area contributed by atoms with E-state index in [4.69, 9.17) is 4.74 Å². The highest BCUT2D eigenvalue weighted by atomic mass is 16.5. The molecule has 4 nitrogen and oxygen atoms in total.